The number of halogens is 3. The van der Waals surface area contributed by atoms with Crippen molar-refractivity contribution in [2.45, 2.75) is 54.8 Å². The molecule has 8 nitrogen and oxygen atoms in total. The van der Waals surface area contributed by atoms with Crippen LogP contribution in [0.25, 0.3) is 0 Å². The number of sulfonamides is 1. The summed E-state index contributed by atoms with van der Waals surface area (Å²) < 4.78 is 72.5. The Balaban J connectivity index is 1.33. The molecule has 0 bridgehead atoms. The normalized spacial score (nSPS) is 21.1. The van der Waals surface area contributed by atoms with Crippen LogP contribution in [0.3, 0.4) is 0 Å². The average molecular weight is 542 g/mol. The van der Waals surface area contributed by atoms with Crippen molar-refractivity contribution in [3.8, 4) is 0 Å². The number of aliphatic hydroxyl groups is 1. The van der Waals surface area contributed by atoms with E-state index in [-0.39, 0.29) is 25.7 Å². The van der Waals surface area contributed by atoms with Crippen LogP contribution in [-0.4, -0.2) is 72.5 Å². The Morgan fingerprint density at radius 2 is 1.86 bits per heavy atom. The molecule has 0 aliphatic carbocycles. The minimum Gasteiger partial charge on any atom is -0.383 e. The second kappa shape index (κ2) is 11.1. The van der Waals surface area contributed by atoms with E-state index in [0.29, 0.717) is 50.5 Å². The van der Waals surface area contributed by atoms with Crippen LogP contribution < -0.4 is 0 Å². The molecule has 2 aromatic rings. The Morgan fingerprint density at radius 1 is 1.11 bits per heavy atom. The van der Waals surface area contributed by atoms with Crippen LogP contribution in [0.2, 0.25) is 0 Å². The molecule has 202 valence electrons. The molecule has 1 atom stereocenters. The number of carbonyl (C=O) groups is 1. The van der Waals surface area contributed by atoms with Crippen molar-refractivity contribution >= 4 is 15.9 Å². The molecule has 2 fully saturated rings. The highest BCUT2D eigenvalue weighted by atomic mass is 32.2. The highest BCUT2D eigenvalue weighted by molar-refractivity contribution is 7.89. The van der Waals surface area contributed by atoms with Crippen LogP contribution in [0.15, 0.2) is 53.6 Å². The van der Waals surface area contributed by atoms with Gasteiger partial charge in [-0.15, -0.1) is 0 Å². The fourth-order valence-corrected chi connectivity index (χ4v) is 6.54. The molecule has 2 aliphatic heterocycles. The smallest absolute Gasteiger partial charge is 0.383 e. The van der Waals surface area contributed by atoms with Gasteiger partial charge < -0.3 is 14.7 Å². The van der Waals surface area contributed by atoms with E-state index in [0.717, 1.165) is 24.6 Å². The zero-order chi connectivity index (χ0) is 26.7. The van der Waals surface area contributed by atoms with Gasteiger partial charge in [-0.25, -0.2) is 8.42 Å². The van der Waals surface area contributed by atoms with E-state index in [2.05, 4.69) is 4.98 Å². The number of rotatable bonds is 7. The van der Waals surface area contributed by atoms with Crippen LogP contribution in [0.4, 0.5) is 13.2 Å². The molecule has 0 spiro atoms. The Morgan fingerprint density at radius 3 is 2.54 bits per heavy atom. The Kier molecular flexibility index (Phi) is 8.22. The van der Waals surface area contributed by atoms with Gasteiger partial charge in [0.15, 0.2) is 0 Å². The molecule has 12 heteroatoms. The topological polar surface area (TPSA) is 100 Å². The lowest BCUT2D eigenvalue weighted by Gasteiger charge is -2.38. The van der Waals surface area contributed by atoms with Gasteiger partial charge in [0.1, 0.15) is 12.2 Å². The first-order valence-corrected chi connectivity index (χ1v) is 13.6. The van der Waals surface area contributed by atoms with Gasteiger partial charge in [0.05, 0.1) is 22.8 Å². The van der Waals surface area contributed by atoms with E-state index in [9.17, 15) is 31.5 Å². The number of piperidine rings is 2. The van der Waals surface area contributed by atoms with Gasteiger partial charge in [-0.05, 0) is 56.0 Å². The quantitative estimate of drug-likeness (QED) is 0.578. The van der Waals surface area contributed by atoms with Gasteiger partial charge in [0.2, 0.25) is 15.9 Å². The van der Waals surface area contributed by atoms with Crippen molar-refractivity contribution in [3.05, 3.63) is 59.9 Å². The predicted molar refractivity (Wildman–Crippen MR) is 128 cm³/mol. The minimum atomic E-state index is -4.65. The highest BCUT2D eigenvalue weighted by Crippen LogP contribution is 2.33. The van der Waals surface area contributed by atoms with E-state index in [1.165, 1.54) is 4.31 Å². The maximum Gasteiger partial charge on any atom is 0.416 e. The van der Waals surface area contributed by atoms with E-state index >= 15 is 0 Å². The molecule has 1 unspecified atom stereocenters. The Hall–Kier alpha value is -2.54. The van der Waals surface area contributed by atoms with Crippen LogP contribution >= 0.6 is 0 Å². The van der Waals surface area contributed by atoms with Gasteiger partial charge in [-0.2, -0.15) is 17.5 Å². The fourth-order valence-electron chi connectivity index (χ4n) is 4.82. The van der Waals surface area contributed by atoms with Crippen molar-refractivity contribution in [2.75, 3.05) is 32.8 Å². The van der Waals surface area contributed by atoms with Gasteiger partial charge in [-0.3, -0.25) is 9.78 Å². The van der Waals surface area contributed by atoms with Crippen molar-refractivity contribution in [1.82, 2.24) is 14.2 Å². The second-order valence-corrected chi connectivity index (χ2v) is 11.3. The first-order chi connectivity index (χ1) is 17.5. The van der Waals surface area contributed by atoms with Gasteiger partial charge in [0, 0.05) is 31.9 Å². The van der Waals surface area contributed by atoms with Crippen molar-refractivity contribution in [1.29, 1.82) is 0 Å². The summed E-state index contributed by atoms with van der Waals surface area (Å²) in [4.78, 5) is 18.1. The monoisotopic (exact) mass is 541 g/mol. The summed E-state index contributed by atoms with van der Waals surface area (Å²) in [5.74, 6) is -0.272. The molecular formula is C25H30F3N3O5S. The zero-order valence-electron chi connectivity index (χ0n) is 20.2. The summed E-state index contributed by atoms with van der Waals surface area (Å²) in [7, 11) is -4.18. The van der Waals surface area contributed by atoms with Crippen LogP contribution in [0.1, 0.15) is 43.4 Å². The van der Waals surface area contributed by atoms with Crippen LogP contribution in [0.5, 0.6) is 0 Å². The zero-order valence-corrected chi connectivity index (χ0v) is 21.0. The lowest BCUT2D eigenvalue weighted by Crippen LogP contribution is -2.48. The van der Waals surface area contributed by atoms with E-state index in [1.54, 1.807) is 29.3 Å². The Bertz CT molecular complexity index is 1190. The summed E-state index contributed by atoms with van der Waals surface area (Å²) in [6.07, 6.45) is -0.566. The molecule has 1 amide bonds. The third-order valence-electron chi connectivity index (χ3n) is 6.96. The number of aromatic nitrogens is 1. The van der Waals surface area contributed by atoms with Crippen molar-refractivity contribution < 1.29 is 36.2 Å². The van der Waals surface area contributed by atoms with Gasteiger partial charge in [0.25, 0.3) is 0 Å². The first-order valence-electron chi connectivity index (χ1n) is 12.2. The summed E-state index contributed by atoms with van der Waals surface area (Å²) in [6.45, 7) is 0.522. The number of hydrogen-bond acceptors (Lipinski definition) is 6. The molecule has 3 heterocycles. The van der Waals surface area contributed by atoms with Gasteiger partial charge >= 0.3 is 6.18 Å². The number of amides is 1. The third-order valence-corrected chi connectivity index (χ3v) is 8.91. The van der Waals surface area contributed by atoms with Crippen molar-refractivity contribution in [2.24, 2.45) is 0 Å². The minimum absolute atomic E-state index is 0.0460. The van der Waals surface area contributed by atoms with E-state index in [1.807, 2.05) is 0 Å². The molecule has 2 aliphatic rings. The second-order valence-electron chi connectivity index (χ2n) is 9.43. The summed E-state index contributed by atoms with van der Waals surface area (Å²) >= 11 is 0. The summed E-state index contributed by atoms with van der Waals surface area (Å²) in [6, 6.07) is 8.45. The fraction of sp³-hybridized carbons (Fsp3) is 0.520. The number of likely N-dealkylation sites (tertiary alicyclic amines) is 1. The maximum atomic E-state index is 13.2. The molecule has 2 saturated heterocycles. The molecule has 37 heavy (non-hydrogen) atoms. The largest absolute Gasteiger partial charge is 0.416 e. The first kappa shape index (κ1) is 27.5. The number of alkyl halides is 3. The van der Waals surface area contributed by atoms with Gasteiger partial charge in [-0.1, -0.05) is 18.6 Å². The van der Waals surface area contributed by atoms with Crippen LogP contribution in [-0.2, 0) is 31.3 Å². The number of ether oxygens (including phenoxy) is 1. The molecule has 1 aromatic heterocycles. The highest BCUT2D eigenvalue weighted by Gasteiger charge is 2.38. The molecule has 0 saturated carbocycles. The Labute approximate surface area is 214 Å². The summed E-state index contributed by atoms with van der Waals surface area (Å²) in [5, 5.41) is 10.9. The third kappa shape index (κ3) is 6.31. The molecule has 4 rings (SSSR count). The lowest BCUT2D eigenvalue weighted by molar-refractivity contribution is -0.141. The number of benzene rings is 1. The molecule has 1 aromatic carbocycles. The number of carbonyl (C=O) groups excluding carboxylic acids is 1. The summed E-state index contributed by atoms with van der Waals surface area (Å²) in [5.41, 5.74) is -1.56. The number of hydrogen-bond donors (Lipinski definition) is 1. The lowest BCUT2D eigenvalue weighted by atomic mass is 9.88. The number of pyridine rings is 1. The SMILES string of the molecule is O=C(COCC1CCCCN1S(=O)(=O)c1cccc(C(F)(F)F)c1)N1CCC(O)(c2ccccn2)CC1. The van der Waals surface area contributed by atoms with Crippen molar-refractivity contribution in [3.63, 3.8) is 0 Å². The molecule has 0 radical (unpaired) electrons. The van der Waals surface area contributed by atoms with E-state index < -0.39 is 38.3 Å². The maximum absolute atomic E-state index is 13.2. The average Bonchev–Trinajstić information content (AvgIpc) is 2.89. The standard InChI is InChI=1S/C25H30F3N3O5S/c26-25(27,28)19-6-5-8-21(16-19)37(34,35)31-13-4-2-7-20(31)17-36-18-23(32)30-14-10-24(33,11-15-30)22-9-1-3-12-29-22/h1,3,5-6,8-9,12,16,20,33H,2,4,7,10-11,13-15,17-18H2. The van der Waals surface area contributed by atoms with E-state index in [4.69, 9.17) is 4.74 Å². The van der Waals surface area contributed by atoms with Crippen LogP contribution in [0, 0.1) is 0 Å². The molecular weight excluding hydrogens is 511 g/mol. The predicted octanol–water partition coefficient (Wildman–Crippen LogP) is 3.17. The molecule has 1 N–H and O–H groups in total. The number of nitrogens with zero attached hydrogens (tertiary/aromatic N) is 3.